The molecule has 0 aromatic heterocycles. The maximum atomic E-state index is 0. The molecule has 0 aliphatic carbocycles. The second-order valence-corrected chi connectivity index (χ2v) is 0. The van der Waals surface area contributed by atoms with Gasteiger partial charge in [-0.3, -0.25) is 0 Å². The minimum atomic E-state index is 0. The van der Waals surface area contributed by atoms with Crippen molar-refractivity contribution in [3.05, 3.63) is 0 Å². The molecule has 0 spiro atoms. The fourth-order valence-corrected chi connectivity index (χ4v) is 0. The van der Waals surface area contributed by atoms with Crippen LogP contribution in [-0.2, 0) is 58.4 Å². The van der Waals surface area contributed by atoms with Crippen LogP contribution in [0.15, 0.2) is 0 Å². The van der Waals surface area contributed by atoms with E-state index in [9.17, 15) is 0 Å². The van der Waals surface area contributed by atoms with E-state index in [4.69, 9.17) is 0 Å². The summed E-state index contributed by atoms with van der Waals surface area (Å²) in [6.07, 6.45) is 0. The Morgan fingerprint density at radius 2 is 0.750 bits per heavy atom. The molecule has 0 N–H and O–H groups in total. The predicted octanol–water partition coefficient (Wildman–Crippen LogP) is -2.89. The molecule has 0 aromatic rings. The molecule has 8 valence electrons. The quantitative estimate of drug-likeness (QED) is 0.384. The zero-order valence-corrected chi connectivity index (χ0v) is 14.0. The summed E-state index contributed by atoms with van der Waals surface area (Å²) >= 11 is 0. The van der Waals surface area contributed by atoms with Crippen LogP contribution in [-0.4, -0.2) is 0 Å². The molecule has 0 aliphatic heterocycles. The van der Waals surface area contributed by atoms with Crippen LogP contribution in [0.4, 0.5) is 0 Å². The molecule has 0 nitrogen and oxygen atoms in total. The Labute approximate surface area is 87.9 Å². The largest absolute Gasteiger partial charge is 1.00 e. The summed E-state index contributed by atoms with van der Waals surface area (Å²) < 4.78 is 0. The van der Waals surface area contributed by atoms with Crippen LogP contribution in [0.3, 0.4) is 0 Å². The second-order valence-electron chi connectivity index (χ2n) is 0. The number of hydrogen-bond donors (Lipinski definition) is 0. The van der Waals surface area contributed by atoms with Crippen LogP contribution in [0.2, 0.25) is 0 Å². The van der Waals surface area contributed by atoms with E-state index >= 15 is 0 Å². The summed E-state index contributed by atoms with van der Waals surface area (Å²) in [5.74, 6) is 0. The third-order valence-electron chi connectivity index (χ3n) is 0. The minimum absolute atomic E-state index is 0. The summed E-state index contributed by atoms with van der Waals surface area (Å²) in [5, 5.41) is 0. The molecule has 4 heteroatoms. The van der Waals surface area contributed by atoms with Crippen LogP contribution >= 0.6 is 0 Å². The zero-order valence-electron chi connectivity index (χ0n) is 4.12. The predicted molar refractivity (Wildman–Crippen MR) is 1.11 cm³/mol. The van der Waals surface area contributed by atoms with Gasteiger partial charge in [0.25, 0.3) is 0 Å². The third kappa shape index (κ3) is 8.85. The fraction of sp³-hybridized carbons (Fsp3) is 0. The molecule has 0 aromatic carbocycles. The van der Waals surface area contributed by atoms with Crippen molar-refractivity contribution in [3.63, 3.8) is 0 Å². The molecule has 0 fully saturated rings. The molecule has 0 heterocycles. The first-order valence-corrected chi connectivity index (χ1v) is 0. The Hall–Kier alpha value is 2.87. The van der Waals surface area contributed by atoms with E-state index in [0.29, 0.717) is 0 Å². The molecule has 0 radical (unpaired) electrons. The van der Waals surface area contributed by atoms with Gasteiger partial charge in [0.1, 0.15) is 0 Å². The molecule has 0 aliphatic rings. The SMILES string of the molecule is [H-].[Na+].[Zn].[Zn].[Zn]. The molecule has 0 saturated heterocycles. The van der Waals surface area contributed by atoms with Crippen molar-refractivity contribution >= 4 is 0 Å². The average Bonchev–Trinajstić information content (AvgIpc) is 0. The number of hydrogen-bond acceptors (Lipinski definition) is 0. The van der Waals surface area contributed by atoms with Crippen molar-refractivity contribution < 1.29 is 89.4 Å². The third-order valence-corrected chi connectivity index (χ3v) is 0. The van der Waals surface area contributed by atoms with Gasteiger partial charge in [0.15, 0.2) is 0 Å². The Bertz CT molecular complexity index is 6.85. The molecular formula is HNaZn3. The maximum absolute atomic E-state index is 0. The molecule has 0 unspecified atom stereocenters. The van der Waals surface area contributed by atoms with E-state index < -0.39 is 0 Å². The van der Waals surface area contributed by atoms with Gasteiger partial charge in [-0.2, -0.15) is 0 Å². The molecule has 0 amide bonds. The topological polar surface area (TPSA) is 0 Å². The van der Waals surface area contributed by atoms with Crippen LogP contribution in [0.25, 0.3) is 0 Å². The van der Waals surface area contributed by atoms with Crippen LogP contribution in [0.5, 0.6) is 0 Å². The van der Waals surface area contributed by atoms with E-state index in [0.717, 1.165) is 0 Å². The van der Waals surface area contributed by atoms with Gasteiger partial charge in [-0.1, -0.05) is 0 Å². The van der Waals surface area contributed by atoms with Crippen molar-refractivity contribution in [1.82, 2.24) is 0 Å². The summed E-state index contributed by atoms with van der Waals surface area (Å²) in [7, 11) is 0. The van der Waals surface area contributed by atoms with Gasteiger partial charge in [-0.25, -0.2) is 0 Å². The molecule has 0 saturated carbocycles. The van der Waals surface area contributed by atoms with E-state index in [2.05, 4.69) is 0 Å². The Morgan fingerprint density at radius 3 is 0.750 bits per heavy atom. The Morgan fingerprint density at radius 1 is 0.750 bits per heavy atom. The number of rotatable bonds is 0. The Kier molecular flexibility index (Phi) is 121. The van der Waals surface area contributed by atoms with E-state index in [-0.39, 0.29) is 89.4 Å². The monoisotopic (exact) mass is 216 g/mol. The van der Waals surface area contributed by atoms with Crippen molar-refractivity contribution in [2.24, 2.45) is 0 Å². The standard InChI is InChI=1S/Na.3Zn.H/q+1;;;;-1. The minimum Gasteiger partial charge on any atom is -1.00 e. The van der Waals surface area contributed by atoms with Gasteiger partial charge in [0, 0.05) is 58.4 Å². The molecule has 4 heavy (non-hydrogen) atoms. The smallest absolute Gasteiger partial charge is 1.00 e. The van der Waals surface area contributed by atoms with E-state index in [1.165, 1.54) is 0 Å². The van der Waals surface area contributed by atoms with Gasteiger partial charge >= 0.3 is 29.6 Å². The molecular weight excluding hydrogens is 219 g/mol. The van der Waals surface area contributed by atoms with Crippen LogP contribution in [0, 0.1) is 0 Å². The van der Waals surface area contributed by atoms with Gasteiger partial charge in [0.2, 0.25) is 0 Å². The summed E-state index contributed by atoms with van der Waals surface area (Å²) in [5.41, 5.74) is 0. The summed E-state index contributed by atoms with van der Waals surface area (Å²) in [4.78, 5) is 0. The zero-order chi connectivity index (χ0) is 0. The van der Waals surface area contributed by atoms with Crippen LogP contribution in [0.1, 0.15) is 1.43 Å². The van der Waals surface area contributed by atoms with Gasteiger partial charge in [-0.05, 0) is 0 Å². The average molecular weight is 220 g/mol. The first kappa shape index (κ1) is 28.7. The van der Waals surface area contributed by atoms with E-state index in [1.54, 1.807) is 0 Å². The first-order valence-electron chi connectivity index (χ1n) is 0. The van der Waals surface area contributed by atoms with Crippen LogP contribution < -0.4 is 29.6 Å². The fourth-order valence-electron chi connectivity index (χ4n) is 0. The molecule has 0 bridgehead atoms. The summed E-state index contributed by atoms with van der Waals surface area (Å²) in [6.45, 7) is 0. The first-order chi connectivity index (χ1) is 0. The van der Waals surface area contributed by atoms with Crippen molar-refractivity contribution in [2.75, 3.05) is 0 Å². The van der Waals surface area contributed by atoms with Gasteiger partial charge < -0.3 is 1.43 Å². The van der Waals surface area contributed by atoms with Gasteiger partial charge in [0.05, 0.1) is 0 Å². The van der Waals surface area contributed by atoms with E-state index in [1.807, 2.05) is 0 Å². The normalized spacial score (nSPS) is 0. The van der Waals surface area contributed by atoms with Crippen molar-refractivity contribution in [2.45, 2.75) is 0 Å². The van der Waals surface area contributed by atoms with Gasteiger partial charge in [-0.15, -0.1) is 0 Å². The van der Waals surface area contributed by atoms with Crippen molar-refractivity contribution in [1.29, 1.82) is 0 Å². The second kappa shape index (κ2) is 16.9. The maximum Gasteiger partial charge on any atom is 1.00 e. The molecule has 0 atom stereocenters. The summed E-state index contributed by atoms with van der Waals surface area (Å²) in [6, 6.07) is 0. The Balaban J connectivity index is 0. The van der Waals surface area contributed by atoms with Crippen molar-refractivity contribution in [3.8, 4) is 0 Å². The molecule has 0 rings (SSSR count).